The van der Waals surface area contributed by atoms with Crippen molar-refractivity contribution in [2.45, 2.75) is 32.4 Å². The molecule has 0 bridgehead atoms. The molecule has 2 saturated heterocycles. The molecule has 2 aliphatic heterocycles. The van der Waals surface area contributed by atoms with Gasteiger partial charge in [0.2, 0.25) is 0 Å². The number of nitrogens with one attached hydrogen (secondary N) is 1. The topological polar surface area (TPSA) is 45.6 Å². The minimum atomic E-state index is -0.239. The molecule has 5 rings (SSSR count). The second-order valence-electron chi connectivity index (χ2n) is 9.27. The summed E-state index contributed by atoms with van der Waals surface area (Å²) in [5.41, 5.74) is 5.12. The van der Waals surface area contributed by atoms with E-state index in [0.717, 1.165) is 73.7 Å². The van der Waals surface area contributed by atoms with Crippen LogP contribution in [-0.4, -0.2) is 63.9 Å². The molecule has 1 N–H and O–H groups in total. The predicted octanol–water partition coefficient (Wildman–Crippen LogP) is 4.32. The van der Waals surface area contributed by atoms with E-state index in [-0.39, 0.29) is 17.9 Å². The highest BCUT2D eigenvalue weighted by Crippen LogP contribution is 2.41. The van der Waals surface area contributed by atoms with E-state index < -0.39 is 0 Å². The van der Waals surface area contributed by atoms with Crippen LogP contribution in [0.15, 0.2) is 54.7 Å². The molecule has 0 amide bonds. The molecule has 4 heterocycles. The number of rotatable bonds is 7. The van der Waals surface area contributed by atoms with Crippen molar-refractivity contribution in [3.8, 4) is 5.69 Å². The van der Waals surface area contributed by atoms with Gasteiger partial charge in [0, 0.05) is 49.5 Å². The summed E-state index contributed by atoms with van der Waals surface area (Å²) >= 11 is 5.85. The minimum absolute atomic E-state index is 0.00408. The fourth-order valence-electron chi connectivity index (χ4n) is 5.37. The number of benzene rings is 1. The van der Waals surface area contributed by atoms with Crippen LogP contribution in [0.5, 0.6) is 0 Å². The van der Waals surface area contributed by atoms with Crippen LogP contribution < -0.4 is 5.32 Å². The van der Waals surface area contributed by atoms with Crippen LogP contribution in [0.25, 0.3) is 5.69 Å². The maximum Gasteiger partial charge on any atom is 0.170 e. The SMILES string of the molecule is Cc1cc([C@H]2[C@H](c3ccccn3)NC(=S)N2CCCN2CCOCC2)c(C)n1-c1cccc(F)c1. The molecular weight excluding hydrogens is 461 g/mol. The summed E-state index contributed by atoms with van der Waals surface area (Å²) in [6.45, 7) is 9.62. The number of nitrogens with zero attached hydrogens (tertiary/aromatic N) is 4. The molecule has 2 aliphatic rings. The highest BCUT2D eigenvalue weighted by molar-refractivity contribution is 7.80. The number of morpholine rings is 1. The van der Waals surface area contributed by atoms with Gasteiger partial charge in [-0.25, -0.2) is 4.39 Å². The monoisotopic (exact) mass is 493 g/mol. The largest absolute Gasteiger partial charge is 0.379 e. The minimum Gasteiger partial charge on any atom is -0.379 e. The van der Waals surface area contributed by atoms with Crippen molar-refractivity contribution in [2.24, 2.45) is 0 Å². The quantitative estimate of drug-likeness (QED) is 0.495. The van der Waals surface area contributed by atoms with Gasteiger partial charge in [0.05, 0.1) is 31.0 Å². The zero-order valence-corrected chi connectivity index (χ0v) is 21.1. The van der Waals surface area contributed by atoms with Gasteiger partial charge >= 0.3 is 0 Å². The van der Waals surface area contributed by atoms with Crippen molar-refractivity contribution in [1.82, 2.24) is 24.7 Å². The Morgan fingerprint density at radius 3 is 2.66 bits per heavy atom. The van der Waals surface area contributed by atoms with E-state index in [2.05, 4.69) is 50.6 Å². The molecule has 6 nitrogen and oxygen atoms in total. The van der Waals surface area contributed by atoms with Gasteiger partial charge in [-0.2, -0.15) is 0 Å². The van der Waals surface area contributed by atoms with Gasteiger partial charge in [-0.05, 0) is 74.4 Å². The van der Waals surface area contributed by atoms with Gasteiger partial charge in [0.25, 0.3) is 0 Å². The van der Waals surface area contributed by atoms with Crippen LogP contribution in [-0.2, 0) is 4.74 Å². The maximum absolute atomic E-state index is 14.0. The Kier molecular flexibility index (Phi) is 7.13. The molecule has 2 fully saturated rings. The summed E-state index contributed by atoms with van der Waals surface area (Å²) in [7, 11) is 0. The Morgan fingerprint density at radius 2 is 1.91 bits per heavy atom. The zero-order chi connectivity index (χ0) is 24.4. The van der Waals surface area contributed by atoms with Crippen LogP contribution in [0, 0.1) is 19.7 Å². The molecule has 0 radical (unpaired) electrons. The first-order chi connectivity index (χ1) is 17.0. The van der Waals surface area contributed by atoms with Gasteiger partial charge in [-0.1, -0.05) is 12.1 Å². The average molecular weight is 494 g/mol. The van der Waals surface area contributed by atoms with Gasteiger partial charge in [-0.3, -0.25) is 9.88 Å². The molecule has 2 atom stereocenters. The van der Waals surface area contributed by atoms with E-state index in [1.165, 1.54) is 11.6 Å². The number of aryl methyl sites for hydroxylation is 1. The molecule has 1 aromatic carbocycles. The van der Waals surface area contributed by atoms with E-state index in [0.29, 0.717) is 0 Å². The summed E-state index contributed by atoms with van der Waals surface area (Å²) in [5.74, 6) is -0.239. The van der Waals surface area contributed by atoms with Crippen molar-refractivity contribution < 1.29 is 9.13 Å². The van der Waals surface area contributed by atoms with Gasteiger partial charge in [-0.15, -0.1) is 0 Å². The third-order valence-corrected chi connectivity index (χ3v) is 7.38. The van der Waals surface area contributed by atoms with Gasteiger partial charge in [0.1, 0.15) is 5.82 Å². The van der Waals surface area contributed by atoms with Crippen LogP contribution in [0.1, 0.15) is 41.1 Å². The van der Waals surface area contributed by atoms with Crippen molar-refractivity contribution >= 4 is 17.3 Å². The molecule has 0 aliphatic carbocycles. The Labute approximate surface area is 211 Å². The van der Waals surface area contributed by atoms with Gasteiger partial charge < -0.3 is 19.5 Å². The second-order valence-corrected chi connectivity index (χ2v) is 9.66. The predicted molar refractivity (Wildman–Crippen MR) is 139 cm³/mol. The number of aromatic nitrogens is 2. The first-order valence-electron chi connectivity index (χ1n) is 12.3. The number of pyridine rings is 1. The number of hydrogen-bond donors (Lipinski definition) is 1. The number of hydrogen-bond acceptors (Lipinski definition) is 4. The Morgan fingerprint density at radius 1 is 1.09 bits per heavy atom. The van der Waals surface area contributed by atoms with Crippen LogP contribution >= 0.6 is 12.2 Å². The molecule has 35 heavy (non-hydrogen) atoms. The Balaban J connectivity index is 1.47. The first-order valence-corrected chi connectivity index (χ1v) is 12.7. The third kappa shape index (κ3) is 4.96. The van der Waals surface area contributed by atoms with Crippen LogP contribution in [0.4, 0.5) is 4.39 Å². The number of ether oxygens (including phenoxy) is 1. The van der Waals surface area contributed by atoms with Gasteiger partial charge in [0.15, 0.2) is 5.11 Å². The van der Waals surface area contributed by atoms with Crippen LogP contribution in [0.3, 0.4) is 0 Å². The molecule has 0 spiro atoms. The number of thiocarbonyl (C=S) groups is 1. The van der Waals surface area contributed by atoms with Crippen LogP contribution in [0.2, 0.25) is 0 Å². The molecule has 8 heteroatoms. The third-order valence-electron chi connectivity index (χ3n) is 7.03. The van der Waals surface area contributed by atoms with Crippen molar-refractivity contribution in [3.63, 3.8) is 0 Å². The van der Waals surface area contributed by atoms with E-state index >= 15 is 0 Å². The Hall–Kier alpha value is -2.81. The summed E-state index contributed by atoms with van der Waals surface area (Å²) < 4.78 is 21.7. The number of halogens is 1. The molecule has 0 saturated carbocycles. The molecule has 0 unspecified atom stereocenters. The summed E-state index contributed by atoms with van der Waals surface area (Å²) in [6, 6.07) is 14.9. The summed E-state index contributed by atoms with van der Waals surface area (Å²) in [4.78, 5) is 9.43. The highest BCUT2D eigenvalue weighted by Gasteiger charge is 2.41. The lowest BCUT2D eigenvalue weighted by Gasteiger charge is -2.30. The van der Waals surface area contributed by atoms with Crippen molar-refractivity contribution in [2.75, 3.05) is 39.4 Å². The summed E-state index contributed by atoms with van der Waals surface area (Å²) in [5, 5.41) is 4.31. The average Bonchev–Trinajstić information content (AvgIpc) is 3.35. The molecular formula is C27H32FN5OS. The van der Waals surface area contributed by atoms with E-state index in [9.17, 15) is 4.39 Å². The maximum atomic E-state index is 14.0. The highest BCUT2D eigenvalue weighted by atomic mass is 32.1. The van der Waals surface area contributed by atoms with E-state index in [4.69, 9.17) is 17.0 Å². The Bertz CT molecular complexity index is 1180. The lowest BCUT2D eigenvalue weighted by atomic mass is 9.96. The lowest BCUT2D eigenvalue weighted by molar-refractivity contribution is 0.0365. The fraction of sp³-hybridized carbons (Fsp3) is 0.407. The smallest absolute Gasteiger partial charge is 0.170 e. The summed E-state index contributed by atoms with van der Waals surface area (Å²) in [6.07, 6.45) is 2.84. The van der Waals surface area contributed by atoms with E-state index in [1.807, 2.05) is 24.4 Å². The van der Waals surface area contributed by atoms with E-state index in [1.54, 1.807) is 12.1 Å². The molecule has 184 valence electrons. The normalized spacial score (nSPS) is 20.9. The first kappa shape index (κ1) is 23.9. The fourth-order valence-corrected chi connectivity index (χ4v) is 5.71. The second kappa shape index (κ2) is 10.4. The lowest BCUT2D eigenvalue weighted by Crippen LogP contribution is -2.39. The molecule has 2 aromatic heterocycles. The van der Waals surface area contributed by atoms with Crippen molar-refractivity contribution in [1.29, 1.82) is 0 Å². The standard InChI is InChI=1S/C27H32FN5OS/c1-19-17-23(20(2)33(19)22-8-5-7-21(28)18-22)26-25(24-9-3-4-10-29-24)30-27(35)32(26)12-6-11-31-13-15-34-16-14-31/h3-5,7-10,17-18,25-26H,6,11-16H2,1-2H3,(H,30,35)/t25-,26-/m0/s1. The van der Waals surface area contributed by atoms with Crippen molar-refractivity contribution in [3.05, 3.63) is 83.2 Å². The zero-order valence-electron chi connectivity index (χ0n) is 20.3. The molecule has 3 aromatic rings.